The molecule has 1 fully saturated rings. The van der Waals surface area contributed by atoms with E-state index in [9.17, 15) is 0 Å². The molecule has 1 saturated carbocycles. The van der Waals surface area contributed by atoms with Crippen LogP contribution in [-0.2, 0) is 6.42 Å². The van der Waals surface area contributed by atoms with Crippen molar-refractivity contribution < 1.29 is 0 Å². The number of nitrogens with one attached hydrogen (secondary N) is 1. The monoisotopic (exact) mass is 242 g/mol. The fraction of sp³-hybridized carbons (Fsp3) is 0.500. The summed E-state index contributed by atoms with van der Waals surface area (Å²) in [7, 11) is 2.17. The zero-order valence-electron chi connectivity index (χ0n) is 11.4. The zero-order chi connectivity index (χ0) is 12.5. The van der Waals surface area contributed by atoms with E-state index in [0.717, 1.165) is 19.1 Å². The maximum atomic E-state index is 3.56. The third-order valence-corrected chi connectivity index (χ3v) is 3.89. The third-order valence-electron chi connectivity index (χ3n) is 3.89. The van der Waals surface area contributed by atoms with Gasteiger partial charge in [0.15, 0.2) is 0 Å². The average Bonchev–Trinajstić information content (AvgIpc) is 3.12. The Bertz CT molecular complexity index is 472. The Morgan fingerprint density at radius 3 is 3.06 bits per heavy atom. The van der Waals surface area contributed by atoms with E-state index >= 15 is 0 Å². The molecule has 2 aliphatic rings. The first-order chi connectivity index (χ1) is 8.72. The molecule has 2 nitrogen and oxygen atoms in total. The molecule has 0 bridgehead atoms. The molecule has 0 spiro atoms. The Morgan fingerprint density at radius 1 is 1.44 bits per heavy atom. The molecule has 96 valence electrons. The van der Waals surface area contributed by atoms with Gasteiger partial charge >= 0.3 is 0 Å². The fourth-order valence-corrected chi connectivity index (χ4v) is 2.60. The molecule has 0 unspecified atom stereocenters. The van der Waals surface area contributed by atoms with Crippen molar-refractivity contribution in [3.8, 4) is 0 Å². The van der Waals surface area contributed by atoms with Crippen LogP contribution in [-0.4, -0.2) is 26.2 Å². The van der Waals surface area contributed by atoms with Gasteiger partial charge < -0.3 is 10.2 Å². The summed E-state index contributed by atoms with van der Waals surface area (Å²) in [5.41, 5.74) is 5.67. The summed E-state index contributed by atoms with van der Waals surface area (Å²) < 4.78 is 0. The highest BCUT2D eigenvalue weighted by molar-refractivity contribution is 5.64. The van der Waals surface area contributed by atoms with Crippen LogP contribution in [0.3, 0.4) is 0 Å². The quantitative estimate of drug-likeness (QED) is 0.873. The normalized spacial score (nSPS) is 19.2. The van der Waals surface area contributed by atoms with Crippen LogP contribution >= 0.6 is 0 Å². The second kappa shape index (κ2) is 4.77. The summed E-state index contributed by atoms with van der Waals surface area (Å²) in [6.07, 6.45) is 6.22. The molecule has 2 heteroatoms. The summed E-state index contributed by atoms with van der Waals surface area (Å²) in [6.45, 7) is 4.40. The van der Waals surface area contributed by atoms with Gasteiger partial charge in [-0.3, -0.25) is 0 Å². The average molecular weight is 242 g/mol. The molecule has 0 aromatic heterocycles. The van der Waals surface area contributed by atoms with E-state index in [1.54, 1.807) is 0 Å². The minimum atomic E-state index is 0.794. The topological polar surface area (TPSA) is 15.3 Å². The van der Waals surface area contributed by atoms with Gasteiger partial charge in [-0.25, -0.2) is 0 Å². The SMILES string of the molecule is CC(=Cc1ccc2c(c1)CCN2C)CNC1CC1. The lowest BCUT2D eigenvalue weighted by Gasteiger charge is -2.11. The Balaban J connectivity index is 1.70. The molecule has 1 aromatic carbocycles. The molecule has 0 radical (unpaired) electrons. The molecule has 0 amide bonds. The third kappa shape index (κ3) is 2.59. The number of hydrogen-bond donors (Lipinski definition) is 1. The van der Waals surface area contributed by atoms with Gasteiger partial charge in [0.1, 0.15) is 0 Å². The minimum Gasteiger partial charge on any atom is -0.374 e. The van der Waals surface area contributed by atoms with Crippen LogP contribution in [0.5, 0.6) is 0 Å². The van der Waals surface area contributed by atoms with Crippen LogP contribution in [0, 0.1) is 0 Å². The maximum absolute atomic E-state index is 3.56. The van der Waals surface area contributed by atoms with E-state index in [0.29, 0.717) is 0 Å². The second-order valence-corrected chi connectivity index (χ2v) is 5.71. The predicted molar refractivity (Wildman–Crippen MR) is 78.1 cm³/mol. The Hall–Kier alpha value is -1.28. The highest BCUT2D eigenvalue weighted by Crippen LogP contribution is 2.28. The number of likely N-dealkylation sites (N-methyl/N-ethyl adjacent to an activating group) is 1. The van der Waals surface area contributed by atoms with Crippen molar-refractivity contribution in [1.82, 2.24) is 5.32 Å². The molecular formula is C16H22N2. The Labute approximate surface area is 110 Å². The molecule has 1 N–H and O–H groups in total. The van der Waals surface area contributed by atoms with Crippen LogP contribution in [0.2, 0.25) is 0 Å². The van der Waals surface area contributed by atoms with Crippen LogP contribution in [0.1, 0.15) is 30.9 Å². The smallest absolute Gasteiger partial charge is 0.0397 e. The van der Waals surface area contributed by atoms with Crippen LogP contribution < -0.4 is 10.2 Å². The number of nitrogens with zero attached hydrogens (tertiary/aromatic N) is 1. The molecule has 1 heterocycles. The van der Waals surface area contributed by atoms with E-state index in [1.807, 2.05) is 0 Å². The van der Waals surface area contributed by atoms with E-state index in [1.165, 1.54) is 41.6 Å². The molecule has 0 atom stereocenters. The van der Waals surface area contributed by atoms with Gasteiger partial charge in [-0.05, 0) is 49.4 Å². The van der Waals surface area contributed by atoms with Crippen molar-refractivity contribution in [2.45, 2.75) is 32.2 Å². The van der Waals surface area contributed by atoms with Crippen LogP contribution in [0.4, 0.5) is 5.69 Å². The first-order valence-electron chi connectivity index (χ1n) is 6.97. The van der Waals surface area contributed by atoms with Gasteiger partial charge in [-0.1, -0.05) is 17.7 Å². The molecular weight excluding hydrogens is 220 g/mol. The Morgan fingerprint density at radius 2 is 2.28 bits per heavy atom. The van der Waals surface area contributed by atoms with Gasteiger partial charge in [0, 0.05) is 31.9 Å². The molecule has 18 heavy (non-hydrogen) atoms. The van der Waals surface area contributed by atoms with Gasteiger partial charge in [0.25, 0.3) is 0 Å². The van der Waals surface area contributed by atoms with E-state index in [2.05, 4.69) is 48.5 Å². The zero-order valence-corrected chi connectivity index (χ0v) is 11.4. The molecule has 1 aliphatic heterocycles. The molecule has 3 rings (SSSR count). The first-order valence-corrected chi connectivity index (χ1v) is 6.97. The molecule has 1 aromatic rings. The number of benzene rings is 1. The van der Waals surface area contributed by atoms with Crippen molar-refractivity contribution >= 4 is 11.8 Å². The predicted octanol–water partition coefficient (Wildman–Crippen LogP) is 2.83. The lowest BCUT2D eigenvalue weighted by atomic mass is 10.1. The lowest BCUT2D eigenvalue weighted by molar-refractivity contribution is 0.736. The van der Waals surface area contributed by atoms with Crippen molar-refractivity contribution in [3.05, 3.63) is 34.9 Å². The van der Waals surface area contributed by atoms with Gasteiger partial charge in [-0.15, -0.1) is 0 Å². The summed E-state index contributed by atoms with van der Waals surface area (Å²) >= 11 is 0. The highest BCUT2D eigenvalue weighted by Gasteiger charge is 2.19. The van der Waals surface area contributed by atoms with E-state index in [4.69, 9.17) is 0 Å². The summed E-state index contributed by atoms with van der Waals surface area (Å²) in [4.78, 5) is 2.34. The summed E-state index contributed by atoms with van der Waals surface area (Å²) in [5, 5.41) is 3.56. The van der Waals surface area contributed by atoms with Crippen LogP contribution in [0.15, 0.2) is 23.8 Å². The van der Waals surface area contributed by atoms with Gasteiger partial charge in [0.2, 0.25) is 0 Å². The van der Waals surface area contributed by atoms with E-state index in [-0.39, 0.29) is 0 Å². The minimum absolute atomic E-state index is 0.794. The second-order valence-electron chi connectivity index (χ2n) is 5.71. The van der Waals surface area contributed by atoms with E-state index < -0.39 is 0 Å². The number of fused-ring (bicyclic) bond motifs is 1. The lowest BCUT2D eigenvalue weighted by Crippen LogP contribution is -2.18. The highest BCUT2D eigenvalue weighted by atomic mass is 15.1. The van der Waals surface area contributed by atoms with Crippen molar-refractivity contribution in [1.29, 1.82) is 0 Å². The summed E-state index contributed by atoms with van der Waals surface area (Å²) in [6, 6.07) is 7.64. The standard InChI is InChI=1S/C16H22N2/c1-12(11-17-15-4-5-15)9-13-3-6-16-14(10-13)7-8-18(16)2/h3,6,9-10,15,17H,4-5,7-8,11H2,1-2H3. The number of rotatable bonds is 4. The number of hydrogen-bond acceptors (Lipinski definition) is 2. The first kappa shape index (κ1) is 11.8. The van der Waals surface area contributed by atoms with Crippen molar-refractivity contribution in [2.75, 3.05) is 25.0 Å². The van der Waals surface area contributed by atoms with Gasteiger partial charge in [-0.2, -0.15) is 0 Å². The fourth-order valence-electron chi connectivity index (χ4n) is 2.60. The van der Waals surface area contributed by atoms with Gasteiger partial charge in [0.05, 0.1) is 0 Å². The number of anilines is 1. The van der Waals surface area contributed by atoms with Crippen molar-refractivity contribution in [2.24, 2.45) is 0 Å². The van der Waals surface area contributed by atoms with Crippen LogP contribution in [0.25, 0.3) is 6.08 Å². The molecule has 1 aliphatic carbocycles. The van der Waals surface area contributed by atoms with Crippen molar-refractivity contribution in [3.63, 3.8) is 0 Å². The Kier molecular flexibility index (Phi) is 3.13. The summed E-state index contributed by atoms with van der Waals surface area (Å²) in [5.74, 6) is 0. The molecule has 0 saturated heterocycles. The largest absolute Gasteiger partial charge is 0.374 e. The maximum Gasteiger partial charge on any atom is 0.0397 e.